The number of carbonyl (C=O) groups is 1. The summed E-state index contributed by atoms with van der Waals surface area (Å²) in [5, 5.41) is 18.2. The molecule has 2 amide bonds. The molecular weight excluding hydrogens is 315 g/mol. The first-order chi connectivity index (χ1) is 9.95. The summed E-state index contributed by atoms with van der Waals surface area (Å²) in [6, 6.07) is 4.28. The zero-order valence-electron chi connectivity index (χ0n) is 11.2. The molecule has 5 N–H and O–H groups in total. The molecule has 1 fully saturated rings. The minimum atomic E-state index is -0.804. The Labute approximate surface area is 132 Å². The number of amides is 2. The van der Waals surface area contributed by atoms with E-state index in [4.69, 9.17) is 34.1 Å². The minimum absolute atomic E-state index is 0.0132. The van der Waals surface area contributed by atoms with Crippen molar-refractivity contribution in [1.82, 2.24) is 5.32 Å². The van der Waals surface area contributed by atoms with Crippen LogP contribution in [0.1, 0.15) is 25.7 Å². The van der Waals surface area contributed by atoms with E-state index in [0.29, 0.717) is 28.6 Å². The highest BCUT2D eigenvalue weighted by molar-refractivity contribution is 6.35. The Morgan fingerprint density at radius 1 is 1.24 bits per heavy atom. The van der Waals surface area contributed by atoms with E-state index in [1.807, 2.05) is 0 Å². The number of hydrogen-bond acceptors (Lipinski definition) is 3. The van der Waals surface area contributed by atoms with E-state index in [-0.39, 0.29) is 5.84 Å². The number of anilines is 1. The normalized spacial score (nSPS) is 17.5. The van der Waals surface area contributed by atoms with Crippen LogP contribution in [0.5, 0.6) is 0 Å². The molecule has 6 nitrogen and oxygen atoms in total. The SMILES string of the molecule is N/C(=N/O)C1(NC(=O)Nc2cc(Cl)cc(Cl)c2)CCCC1. The van der Waals surface area contributed by atoms with Crippen molar-refractivity contribution in [3.63, 3.8) is 0 Å². The molecule has 0 aliphatic heterocycles. The smallest absolute Gasteiger partial charge is 0.320 e. The molecule has 0 bridgehead atoms. The molecule has 21 heavy (non-hydrogen) atoms. The summed E-state index contributed by atoms with van der Waals surface area (Å²) in [6.07, 6.45) is 3.07. The fourth-order valence-electron chi connectivity index (χ4n) is 2.53. The molecule has 114 valence electrons. The van der Waals surface area contributed by atoms with Gasteiger partial charge in [0.25, 0.3) is 0 Å². The van der Waals surface area contributed by atoms with E-state index >= 15 is 0 Å². The van der Waals surface area contributed by atoms with Crippen LogP contribution in [-0.2, 0) is 0 Å². The van der Waals surface area contributed by atoms with Gasteiger partial charge in [-0.3, -0.25) is 0 Å². The molecule has 1 saturated carbocycles. The Kier molecular flexibility index (Phi) is 4.80. The third-order valence-corrected chi connectivity index (χ3v) is 3.96. The third kappa shape index (κ3) is 3.71. The zero-order valence-corrected chi connectivity index (χ0v) is 12.7. The third-order valence-electron chi connectivity index (χ3n) is 3.53. The molecule has 1 aromatic rings. The Bertz CT molecular complexity index is 551. The minimum Gasteiger partial charge on any atom is -0.409 e. The molecule has 1 aromatic carbocycles. The average Bonchev–Trinajstić information content (AvgIpc) is 2.85. The molecule has 0 saturated heterocycles. The van der Waals surface area contributed by atoms with Gasteiger partial charge in [0.15, 0.2) is 5.84 Å². The first kappa shape index (κ1) is 15.7. The van der Waals surface area contributed by atoms with E-state index < -0.39 is 11.6 Å². The number of nitrogens with one attached hydrogen (secondary N) is 2. The number of halogens is 2. The van der Waals surface area contributed by atoms with Gasteiger partial charge in [-0.15, -0.1) is 0 Å². The highest BCUT2D eigenvalue weighted by Crippen LogP contribution is 2.30. The monoisotopic (exact) mass is 330 g/mol. The number of rotatable bonds is 3. The molecule has 0 spiro atoms. The number of nitrogens with two attached hydrogens (primary N) is 1. The first-order valence-electron chi connectivity index (χ1n) is 6.48. The molecule has 0 radical (unpaired) electrons. The van der Waals surface area contributed by atoms with Gasteiger partial charge in [0.05, 0.1) is 0 Å². The van der Waals surface area contributed by atoms with E-state index in [1.165, 1.54) is 0 Å². The second-order valence-corrected chi connectivity index (χ2v) is 5.88. The van der Waals surface area contributed by atoms with Crippen LogP contribution in [0.15, 0.2) is 23.4 Å². The topological polar surface area (TPSA) is 99.7 Å². The van der Waals surface area contributed by atoms with Gasteiger partial charge in [0.1, 0.15) is 5.54 Å². The van der Waals surface area contributed by atoms with Gasteiger partial charge in [0.2, 0.25) is 0 Å². The standard InChI is InChI=1S/C13H16Cl2N4O2/c14-8-5-9(15)7-10(6-8)17-12(20)18-13(11(16)19-21)3-1-2-4-13/h5-7,21H,1-4H2,(H2,16,19)(H2,17,18,20). The van der Waals surface area contributed by atoms with Crippen LogP contribution >= 0.6 is 23.2 Å². The number of oxime groups is 1. The number of nitrogens with zero attached hydrogens (tertiary/aromatic N) is 1. The van der Waals surface area contributed by atoms with Crippen molar-refractivity contribution < 1.29 is 10.0 Å². The fourth-order valence-corrected chi connectivity index (χ4v) is 3.05. The van der Waals surface area contributed by atoms with Gasteiger partial charge < -0.3 is 21.6 Å². The Morgan fingerprint density at radius 3 is 2.33 bits per heavy atom. The molecule has 0 atom stereocenters. The average molecular weight is 331 g/mol. The number of amidine groups is 1. The van der Waals surface area contributed by atoms with E-state index in [0.717, 1.165) is 12.8 Å². The summed E-state index contributed by atoms with van der Waals surface area (Å²) in [4.78, 5) is 12.1. The highest BCUT2D eigenvalue weighted by Gasteiger charge is 2.39. The predicted molar refractivity (Wildman–Crippen MR) is 83.2 cm³/mol. The lowest BCUT2D eigenvalue weighted by atomic mass is 9.96. The summed E-state index contributed by atoms with van der Waals surface area (Å²) >= 11 is 11.8. The van der Waals surface area contributed by atoms with Gasteiger partial charge in [-0.1, -0.05) is 41.2 Å². The number of carbonyl (C=O) groups excluding carboxylic acids is 1. The Balaban J connectivity index is 2.10. The van der Waals surface area contributed by atoms with Gasteiger partial charge in [-0.25, -0.2) is 4.79 Å². The molecule has 0 aromatic heterocycles. The molecule has 1 aliphatic rings. The summed E-state index contributed by atoms with van der Waals surface area (Å²) in [5.74, 6) is 0.0132. The molecule has 0 unspecified atom stereocenters. The van der Waals surface area contributed by atoms with Crippen molar-refractivity contribution in [1.29, 1.82) is 0 Å². The van der Waals surface area contributed by atoms with Gasteiger partial charge in [-0.05, 0) is 31.0 Å². The van der Waals surface area contributed by atoms with Crippen LogP contribution in [0.4, 0.5) is 10.5 Å². The highest BCUT2D eigenvalue weighted by atomic mass is 35.5. The number of benzene rings is 1. The molecule has 8 heteroatoms. The largest absolute Gasteiger partial charge is 0.409 e. The Hall–Kier alpha value is -1.66. The molecule has 2 rings (SSSR count). The second-order valence-electron chi connectivity index (χ2n) is 5.01. The molecule has 1 aliphatic carbocycles. The van der Waals surface area contributed by atoms with Gasteiger partial charge in [0, 0.05) is 15.7 Å². The van der Waals surface area contributed by atoms with E-state index in [1.54, 1.807) is 18.2 Å². The quantitative estimate of drug-likeness (QED) is 0.296. The molecule has 0 heterocycles. The lowest BCUT2D eigenvalue weighted by Gasteiger charge is -2.28. The van der Waals surface area contributed by atoms with Crippen molar-refractivity contribution >= 4 is 40.8 Å². The van der Waals surface area contributed by atoms with Crippen molar-refractivity contribution in [2.45, 2.75) is 31.2 Å². The first-order valence-corrected chi connectivity index (χ1v) is 7.24. The van der Waals surface area contributed by atoms with Gasteiger partial charge >= 0.3 is 6.03 Å². The van der Waals surface area contributed by atoms with Crippen LogP contribution in [0.25, 0.3) is 0 Å². The lowest BCUT2D eigenvalue weighted by Crippen LogP contribution is -2.56. The van der Waals surface area contributed by atoms with Crippen molar-refractivity contribution in [3.8, 4) is 0 Å². The maximum atomic E-state index is 12.1. The van der Waals surface area contributed by atoms with Crippen LogP contribution in [0.2, 0.25) is 10.0 Å². The maximum absolute atomic E-state index is 12.1. The summed E-state index contributed by atoms with van der Waals surface area (Å²) in [5.41, 5.74) is 5.38. The fraction of sp³-hybridized carbons (Fsp3) is 0.385. The predicted octanol–water partition coefficient (Wildman–Crippen LogP) is 3.17. The molecular formula is C13H16Cl2N4O2. The second kappa shape index (κ2) is 6.41. The van der Waals surface area contributed by atoms with Crippen molar-refractivity contribution in [2.75, 3.05) is 5.32 Å². The summed E-state index contributed by atoms with van der Waals surface area (Å²) in [7, 11) is 0. The lowest BCUT2D eigenvalue weighted by molar-refractivity contribution is 0.243. The van der Waals surface area contributed by atoms with Crippen LogP contribution in [0, 0.1) is 0 Å². The van der Waals surface area contributed by atoms with Gasteiger partial charge in [-0.2, -0.15) is 0 Å². The van der Waals surface area contributed by atoms with Crippen molar-refractivity contribution in [2.24, 2.45) is 10.9 Å². The van der Waals surface area contributed by atoms with Crippen LogP contribution in [-0.4, -0.2) is 22.6 Å². The van der Waals surface area contributed by atoms with Crippen LogP contribution < -0.4 is 16.4 Å². The van der Waals surface area contributed by atoms with E-state index in [2.05, 4.69) is 15.8 Å². The van der Waals surface area contributed by atoms with Crippen LogP contribution in [0.3, 0.4) is 0 Å². The van der Waals surface area contributed by atoms with E-state index in [9.17, 15) is 4.79 Å². The summed E-state index contributed by atoms with van der Waals surface area (Å²) < 4.78 is 0. The number of hydrogen-bond donors (Lipinski definition) is 4. The van der Waals surface area contributed by atoms with Crippen molar-refractivity contribution in [3.05, 3.63) is 28.2 Å². The zero-order chi connectivity index (χ0) is 15.5. The summed E-state index contributed by atoms with van der Waals surface area (Å²) in [6.45, 7) is 0. The maximum Gasteiger partial charge on any atom is 0.320 e. The number of urea groups is 1. The Morgan fingerprint density at radius 2 is 1.81 bits per heavy atom.